The van der Waals surface area contributed by atoms with E-state index in [9.17, 15) is 0 Å². The Morgan fingerprint density at radius 2 is 0.944 bits per heavy atom. The Morgan fingerprint density at radius 3 is 1.39 bits per heavy atom. The van der Waals surface area contributed by atoms with Gasteiger partial charge >= 0.3 is 0 Å². The van der Waals surface area contributed by atoms with E-state index >= 15 is 0 Å². The second-order valence-corrected chi connectivity index (χ2v) is 5.40. The predicted molar refractivity (Wildman–Crippen MR) is 80.3 cm³/mol. The van der Waals surface area contributed by atoms with Crippen molar-refractivity contribution in [3.8, 4) is 0 Å². The lowest BCUT2D eigenvalue weighted by Gasteiger charge is -2.02. The summed E-state index contributed by atoms with van der Waals surface area (Å²) in [6.45, 7) is 7.22. The summed E-state index contributed by atoms with van der Waals surface area (Å²) < 4.78 is 0. The molecule has 0 rings (SSSR count). The number of unbranched alkanes of at least 4 members (excludes halogenated alkanes) is 10. The van der Waals surface area contributed by atoms with Gasteiger partial charge in [0.1, 0.15) is 0 Å². The third kappa shape index (κ3) is 18.3. The van der Waals surface area contributed by atoms with Crippen LogP contribution in [0.3, 0.4) is 0 Å². The zero-order chi connectivity index (χ0) is 12.6. The summed E-state index contributed by atoms with van der Waals surface area (Å²) in [5.74, 6) is 0. The smallest absolute Gasteiger partial charge is 0.0755 e. The van der Waals surface area contributed by atoms with E-state index in [0.29, 0.717) is 0 Å². The van der Waals surface area contributed by atoms with Crippen molar-refractivity contribution in [2.75, 3.05) is 13.1 Å². The first-order chi connectivity index (χ1) is 8.41. The Morgan fingerprint density at radius 1 is 0.500 bits per heavy atom. The molecule has 0 aromatic heterocycles. The van der Waals surface area contributed by atoms with Gasteiger partial charge in [0.15, 0.2) is 0 Å². The predicted octanol–water partition coefficient (Wildman–Crippen LogP) is 4.09. The molecule has 2 nitrogen and oxygen atoms in total. The van der Waals surface area contributed by atoms with Crippen LogP contribution >= 0.6 is 0 Å². The van der Waals surface area contributed by atoms with Gasteiger partial charge in [-0.25, -0.2) is 0 Å². The molecule has 0 amide bonds. The summed E-state index contributed by atoms with van der Waals surface area (Å²) in [4.78, 5) is 0. The van der Waals surface area contributed by atoms with E-state index in [1.54, 1.807) is 0 Å². The van der Waals surface area contributed by atoms with Crippen molar-refractivity contribution in [3.63, 3.8) is 0 Å². The number of nitrogens with two attached hydrogens (primary N) is 1. The molecule has 0 aliphatic rings. The molecule has 0 aliphatic carbocycles. The molecule has 0 saturated carbocycles. The second-order valence-electron chi connectivity index (χ2n) is 5.40. The van der Waals surface area contributed by atoms with Crippen molar-refractivity contribution in [2.45, 2.75) is 90.9 Å². The number of quaternary nitrogens is 1. The third-order valence-electron chi connectivity index (χ3n) is 3.50. The van der Waals surface area contributed by atoms with Crippen molar-refractivity contribution >= 4 is 0 Å². The molecule has 0 aliphatic heterocycles. The minimum atomic E-state index is 0. The monoisotopic (exact) mass is 259 g/mol. The summed E-state index contributed by atoms with van der Waals surface area (Å²) in [7, 11) is 0. The fourth-order valence-corrected chi connectivity index (χ4v) is 2.30. The fourth-order valence-electron chi connectivity index (χ4n) is 2.30. The maximum absolute atomic E-state index is 2.47. The van der Waals surface area contributed by atoms with Crippen LogP contribution in [-0.4, -0.2) is 18.6 Å². The van der Waals surface area contributed by atoms with Gasteiger partial charge in [-0.05, 0) is 19.3 Å². The highest BCUT2D eigenvalue weighted by Crippen LogP contribution is 2.10. The zero-order valence-electron chi connectivity index (χ0n) is 12.9. The summed E-state index contributed by atoms with van der Waals surface area (Å²) in [6, 6.07) is 0. The van der Waals surface area contributed by atoms with Crippen LogP contribution in [0.5, 0.6) is 0 Å². The van der Waals surface area contributed by atoms with E-state index in [1.807, 2.05) is 0 Å². The molecule has 0 unspecified atom stereocenters. The summed E-state index contributed by atoms with van der Waals surface area (Å²) >= 11 is 0. The van der Waals surface area contributed by atoms with Gasteiger partial charge in [0, 0.05) is 0 Å². The van der Waals surface area contributed by atoms with Crippen LogP contribution in [0.15, 0.2) is 0 Å². The Bertz CT molecular complexity index is 114. The molecular formula is C16H37NO. The lowest BCUT2D eigenvalue weighted by atomic mass is 10.1. The van der Waals surface area contributed by atoms with Gasteiger partial charge in [-0.1, -0.05) is 71.6 Å². The molecule has 0 bridgehead atoms. The standard InChI is InChI=1S/C16H35N.H2O/c1-3-5-6-7-8-9-10-11-12-13-14-16-17-15-4-2;/h17H,3-16H2,1-2H3;1H2. The van der Waals surface area contributed by atoms with Crippen LogP contribution in [0.4, 0.5) is 0 Å². The van der Waals surface area contributed by atoms with E-state index in [2.05, 4.69) is 19.2 Å². The summed E-state index contributed by atoms with van der Waals surface area (Å²) in [5, 5.41) is 2.47. The Kier molecular flexibility index (Phi) is 21.7. The molecule has 0 radical (unpaired) electrons. The highest BCUT2D eigenvalue weighted by Gasteiger charge is 1.93. The van der Waals surface area contributed by atoms with Gasteiger partial charge in [0.2, 0.25) is 0 Å². The van der Waals surface area contributed by atoms with Crippen molar-refractivity contribution in [3.05, 3.63) is 0 Å². The van der Waals surface area contributed by atoms with Crippen LogP contribution in [0.1, 0.15) is 90.9 Å². The Hall–Kier alpha value is -0.0800. The number of hydrogen-bond acceptors (Lipinski definition) is 1. The lowest BCUT2D eigenvalue weighted by molar-refractivity contribution is -0.655. The minimum Gasteiger partial charge on any atom is -0.870 e. The average molecular weight is 259 g/mol. The fraction of sp³-hybridized carbons (Fsp3) is 1.00. The van der Waals surface area contributed by atoms with E-state index < -0.39 is 0 Å². The number of rotatable bonds is 14. The van der Waals surface area contributed by atoms with Crippen LogP contribution < -0.4 is 5.32 Å². The zero-order valence-corrected chi connectivity index (χ0v) is 12.9. The summed E-state index contributed by atoms with van der Waals surface area (Å²) in [6.07, 6.45) is 17.3. The molecule has 0 aromatic carbocycles. The molecule has 0 atom stereocenters. The van der Waals surface area contributed by atoms with E-state index in [1.165, 1.54) is 90.1 Å². The van der Waals surface area contributed by atoms with Gasteiger partial charge < -0.3 is 10.8 Å². The molecule has 0 aromatic rings. The minimum absolute atomic E-state index is 0. The van der Waals surface area contributed by atoms with Crippen LogP contribution in [0.25, 0.3) is 0 Å². The quantitative estimate of drug-likeness (QED) is 0.469. The Labute approximate surface area is 115 Å². The highest BCUT2D eigenvalue weighted by atomic mass is 16.0. The van der Waals surface area contributed by atoms with Crippen molar-refractivity contribution in [2.24, 2.45) is 0 Å². The second kappa shape index (κ2) is 19.3. The molecule has 3 N–H and O–H groups in total. The largest absolute Gasteiger partial charge is 0.870 e. The van der Waals surface area contributed by atoms with E-state index in [4.69, 9.17) is 0 Å². The topological polar surface area (TPSA) is 46.6 Å². The van der Waals surface area contributed by atoms with Crippen LogP contribution in [0, 0.1) is 0 Å². The van der Waals surface area contributed by atoms with Crippen molar-refractivity contribution in [1.82, 2.24) is 0 Å². The van der Waals surface area contributed by atoms with Crippen LogP contribution in [0.2, 0.25) is 0 Å². The molecular weight excluding hydrogens is 222 g/mol. The molecule has 2 heteroatoms. The SMILES string of the molecule is CCCCCCCCCCCCC[NH2+]CCC.[OH-]. The van der Waals surface area contributed by atoms with E-state index in [0.717, 1.165) is 0 Å². The molecule has 112 valence electrons. The molecule has 18 heavy (non-hydrogen) atoms. The van der Waals surface area contributed by atoms with Crippen LogP contribution in [-0.2, 0) is 0 Å². The van der Waals surface area contributed by atoms with Gasteiger partial charge in [-0.15, -0.1) is 0 Å². The van der Waals surface area contributed by atoms with Crippen molar-refractivity contribution < 1.29 is 10.8 Å². The third-order valence-corrected chi connectivity index (χ3v) is 3.50. The van der Waals surface area contributed by atoms with Crippen molar-refractivity contribution in [1.29, 1.82) is 0 Å². The molecule has 0 spiro atoms. The van der Waals surface area contributed by atoms with Gasteiger partial charge in [0.25, 0.3) is 0 Å². The van der Waals surface area contributed by atoms with Gasteiger partial charge in [0.05, 0.1) is 13.1 Å². The molecule has 0 fully saturated rings. The van der Waals surface area contributed by atoms with E-state index in [-0.39, 0.29) is 5.48 Å². The first-order valence-corrected chi connectivity index (χ1v) is 8.23. The lowest BCUT2D eigenvalue weighted by Crippen LogP contribution is -2.84. The molecule has 0 saturated heterocycles. The first kappa shape index (κ1) is 20.2. The maximum atomic E-state index is 2.47. The van der Waals surface area contributed by atoms with Gasteiger partial charge in [-0.3, -0.25) is 0 Å². The normalized spacial score (nSPS) is 10.3. The average Bonchev–Trinajstić information content (AvgIpc) is 2.35. The summed E-state index contributed by atoms with van der Waals surface area (Å²) in [5.41, 5.74) is 0. The highest BCUT2D eigenvalue weighted by molar-refractivity contribution is 4.47. The van der Waals surface area contributed by atoms with Gasteiger partial charge in [-0.2, -0.15) is 0 Å². The number of hydrogen-bond donors (Lipinski definition) is 1. The molecule has 0 heterocycles. The maximum Gasteiger partial charge on any atom is 0.0755 e. The first-order valence-electron chi connectivity index (χ1n) is 8.23. The Balaban J connectivity index is 0.